The highest BCUT2D eigenvalue weighted by Crippen LogP contribution is 2.50. The first-order valence-corrected chi connectivity index (χ1v) is 7.43. The molecule has 1 spiro atoms. The average Bonchev–Trinajstić information content (AvgIpc) is 3.02. The van der Waals surface area contributed by atoms with Crippen molar-refractivity contribution in [2.24, 2.45) is 5.41 Å². The van der Waals surface area contributed by atoms with E-state index in [1.807, 2.05) is 6.07 Å². The fourth-order valence-electron chi connectivity index (χ4n) is 2.97. The molecule has 1 N–H and O–H groups in total. The minimum absolute atomic E-state index is 0.261. The molecule has 1 saturated carbocycles. The van der Waals surface area contributed by atoms with E-state index in [0.717, 1.165) is 37.8 Å². The first-order valence-electron chi connectivity index (χ1n) is 7.06. The molecule has 2 heterocycles. The van der Waals surface area contributed by atoms with E-state index in [4.69, 9.17) is 21.1 Å². The molecule has 1 atom stereocenters. The number of fused-ring (bicyclic) bond motifs is 1. The number of halogens is 1. The van der Waals surface area contributed by atoms with Crippen LogP contribution in [0.4, 0.5) is 0 Å². The molecule has 19 heavy (non-hydrogen) atoms. The van der Waals surface area contributed by atoms with Gasteiger partial charge in [0.15, 0.2) is 11.5 Å². The Bertz CT molecular complexity index is 507. The smallest absolute Gasteiger partial charge is 0.179 e. The van der Waals surface area contributed by atoms with Gasteiger partial charge in [-0.1, -0.05) is 11.6 Å². The van der Waals surface area contributed by atoms with Crippen LogP contribution in [-0.2, 0) is 0 Å². The van der Waals surface area contributed by atoms with Crippen LogP contribution in [0.1, 0.15) is 30.7 Å². The number of hydrogen-bond acceptors (Lipinski definition) is 3. The summed E-state index contributed by atoms with van der Waals surface area (Å²) in [6.45, 7) is 3.62. The van der Waals surface area contributed by atoms with Crippen LogP contribution in [-0.4, -0.2) is 26.3 Å². The molecular weight excluding hydrogens is 262 g/mol. The third-order valence-corrected chi connectivity index (χ3v) is 4.86. The Morgan fingerprint density at radius 1 is 1.21 bits per heavy atom. The molecule has 3 aliphatic rings. The van der Waals surface area contributed by atoms with Crippen molar-refractivity contribution in [1.29, 1.82) is 0 Å². The first kappa shape index (κ1) is 11.9. The molecule has 1 saturated heterocycles. The second kappa shape index (κ2) is 4.29. The fourth-order valence-corrected chi connectivity index (χ4v) is 3.25. The lowest BCUT2D eigenvalue weighted by Gasteiger charge is -2.14. The summed E-state index contributed by atoms with van der Waals surface area (Å²) in [5, 5.41) is 4.08. The first-order chi connectivity index (χ1) is 9.26. The molecule has 0 bridgehead atoms. The molecule has 1 aromatic rings. The van der Waals surface area contributed by atoms with E-state index in [0.29, 0.717) is 10.9 Å². The highest BCUT2D eigenvalue weighted by molar-refractivity contribution is 6.32. The molecule has 1 unspecified atom stereocenters. The number of benzene rings is 1. The largest absolute Gasteiger partial charge is 0.489 e. The van der Waals surface area contributed by atoms with Crippen LogP contribution in [0.3, 0.4) is 0 Å². The van der Waals surface area contributed by atoms with E-state index in [-0.39, 0.29) is 5.41 Å². The van der Waals surface area contributed by atoms with Crippen molar-refractivity contribution >= 4 is 11.6 Å². The third kappa shape index (κ3) is 2.09. The highest BCUT2D eigenvalue weighted by Gasteiger charge is 2.46. The number of hydrogen-bond donors (Lipinski definition) is 1. The molecule has 0 aromatic heterocycles. The summed E-state index contributed by atoms with van der Waals surface area (Å²) in [5.74, 6) is 2.11. The van der Waals surface area contributed by atoms with Crippen LogP contribution >= 0.6 is 11.6 Å². The monoisotopic (exact) mass is 279 g/mol. The Morgan fingerprint density at radius 2 is 2.05 bits per heavy atom. The van der Waals surface area contributed by atoms with E-state index in [1.165, 1.54) is 24.8 Å². The Kier molecular flexibility index (Phi) is 2.68. The van der Waals surface area contributed by atoms with E-state index >= 15 is 0 Å². The lowest BCUT2D eigenvalue weighted by atomic mass is 9.98. The summed E-state index contributed by atoms with van der Waals surface area (Å²) in [5.41, 5.74) is 1.53. The standard InChI is InChI=1S/C15H18ClNO2/c16-12-5-11(10-1-4-17-7-10)6-13-14(12)19-9-15(2-3-15)8-18-13/h5-6,10,17H,1-4,7-9H2. The van der Waals surface area contributed by atoms with Crippen molar-refractivity contribution < 1.29 is 9.47 Å². The molecule has 3 nitrogen and oxygen atoms in total. The lowest BCUT2D eigenvalue weighted by Crippen LogP contribution is -2.17. The van der Waals surface area contributed by atoms with Gasteiger partial charge < -0.3 is 14.8 Å². The highest BCUT2D eigenvalue weighted by atomic mass is 35.5. The number of ether oxygens (including phenoxy) is 2. The van der Waals surface area contributed by atoms with Gasteiger partial charge in [-0.05, 0) is 49.4 Å². The minimum atomic E-state index is 0.261. The Balaban J connectivity index is 1.67. The molecule has 1 aromatic carbocycles. The molecule has 4 rings (SSSR count). The van der Waals surface area contributed by atoms with Crippen LogP contribution in [0.25, 0.3) is 0 Å². The topological polar surface area (TPSA) is 30.5 Å². The van der Waals surface area contributed by atoms with Gasteiger partial charge in [0, 0.05) is 12.0 Å². The van der Waals surface area contributed by atoms with E-state index in [9.17, 15) is 0 Å². The minimum Gasteiger partial charge on any atom is -0.489 e. The molecule has 102 valence electrons. The van der Waals surface area contributed by atoms with Crippen molar-refractivity contribution in [2.45, 2.75) is 25.2 Å². The predicted octanol–water partition coefficient (Wildman–Crippen LogP) is 2.97. The lowest BCUT2D eigenvalue weighted by molar-refractivity contribution is 0.197. The number of rotatable bonds is 1. The maximum absolute atomic E-state index is 6.39. The van der Waals surface area contributed by atoms with Gasteiger partial charge >= 0.3 is 0 Å². The van der Waals surface area contributed by atoms with Crippen LogP contribution in [0.2, 0.25) is 5.02 Å². The molecule has 1 aliphatic carbocycles. The van der Waals surface area contributed by atoms with Crippen LogP contribution < -0.4 is 14.8 Å². The van der Waals surface area contributed by atoms with Crippen LogP contribution in [0.5, 0.6) is 11.5 Å². The van der Waals surface area contributed by atoms with E-state index in [2.05, 4.69) is 11.4 Å². The number of nitrogens with one attached hydrogen (secondary N) is 1. The summed E-state index contributed by atoms with van der Waals surface area (Å²) < 4.78 is 11.9. The fraction of sp³-hybridized carbons (Fsp3) is 0.600. The zero-order valence-corrected chi connectivity index (χ0v) is 11.6. The van der Waals surface area contributed by atoms with Crippen LogP contribution in [0, 0.1) is 5.41 Å². The molecule has 4 heteroatoms. The normalized spacial score (nSPS) is 27.3. The van der Waals surface area contributed by atoms with E-state index < -0.39 is 0 Å². The van der Waals surface area contributed by atoms with Gasteiger partial charge in [0.05, 0.1) is 18.2 Å². The van der Waals surface area contributed by atoms with Crippen LogP contribution in [0.15, 0.2) is 12.1 Å². The quantitative estimate of drug-likeness (QED) is 0.857. The van der Waals surface area contributed by atoms with Gasteiger partial charge in [-0.25, -0.2) is 0 Å². The second-order valence-electron chi connectivity index (χ2n) is 6.10. The van der Waals surface area contributed by atoms with Gasteiger partial charge in [0.1, 0.15) is 0 Å². The Hall–Kier alpha value is -0.930. The summed E-state index contributed by atoms with van der Waals surface area (Å²) in [7, 11) is 0. The van der Waals surface area contributed by atoms with Crippen molar-refractivity contribution in [3.8, 4) is 11.5 Å². The summed E-state index contributed by atoms with van der Waals surface area (Å²) in [4.78, 5) is 0. The summed E-state index contributed by atoms with van der Waals surface area (Å²) in [6.07, 6.45) is 3.58. The van der Waals surface area contributed by atoms with Gasteiger partial charge in [0.25, 0.3) is 0 Å². The predicted molar refractivity (Wildman–Crippen MR) is 74.3 cm³/mol. The molecule has 2 aliphatic heterocycles. The maximum Gasteiger partial charge on any atom is 0.179 e. The van der Waals surface area contributed by atoms with Crippen molar-refractivity contribution in [3.05, 3.63) is 22.7 Å². The average molecular weight is 280 g/mol. The van der Waals surface area contributed by atoms with Gasteiger partial charge in [-0.15, -0.1) is 0 Å². The Labute approximate surface area is 118 Å². The zero-order chi connectivity index (χ0) is 12.9. The molecule has 0 radical (unpaired) electrons. The van der Waals surface area contributed by atoms with Crippen molar-refractivity contribution in [1.82, 2.24) is 5.32 Å². The van der Waals surface area contributed by atoms with E-state index in [1.54, 1.807) is 0 Å². The Morgan fingerprint density at radius 3 is 2.79 bits per heavy atom. The third-order valence-electron chi connectivity index (χ3n) is 4.58. The summed E-state index contributed by atoms with van der Waals surface area (Å²) >= 11 is 6.39. The van der Waals surface area contributed by atoms with Gasteiger partial charge in [-0.3, -0.25) is 0 Å². The van der Waals surface area contributed by atoms with Crippen molar-refractivity contribution in [2.75, 3.05) is 26.3 Å². The molecule has 2 fully saturated rings. The second-order valence-corrected chi connectivity index (χ2v) is 6.50. The van der Waals surface area contributed by atoms with Crippen molar-refractivity contribution in [3.63, 3.8) is 0 Å². The maximum atomic E-state index is 6.39. The summed E-state index contributed by atoms with van der Waals surface area (Å²) in [6, 6.07) is 4.17. The molecule has 0 amide bonds. The molecular formula is C15H18ClNO2. The SMILES string of the molecule is Clc1cc(C2CCNC2)cc2c1OCC1(CC1)CO2. The zero-order valence-electron chi connectivity index (χ0n) is 10.9. The van der Waals surface area contributed by atoms with Gasteiger partial charge in [-0.2, -0.15) is 0 Å². The van der Waals surface area contributed by atoms with Gasteiger partial charge in [0.2, 0.25) is 0 Å².